The van der Waals surface area contributed by atoms with Gasteiger partial charge in [0.2, 0.25) is 0 Å². The SMILES string of the molecule is O=C(Oc1ccc2ccccc2c1)C(F)(F)SOO. The molecule has 0 bridgehead atoms. The van der Waals surface area contributed by atoms with Gasteiger partial charge in [-0.1, -0.05) is 30.3 Å². The summed E-state index contributed by atoms with van der Waals surface area (Å²) in [6, 6.07) is 11.7. The number of halogens is 2. The first kappa shape index (κ1) is 13.7. The maximum absolute atomic E-state index is 13.0. The average Bonchev–Trinajstić information content (AvgIpc) is 2.38. The molecule has 100 valence electrons. The zero-order valence-corrected chi connectivity index (χ0v) is 10.2. The highest BCUT2D eigenvalue weighted by Gasteiger charge is 2.44. The molecule has 0 fully saturated rings. The number of rotatable bonds is 4. The molecule has 2 rings (SSSR count). The van der Waals surface area contributed by atoms with Crippen molar-refractivity contribution < 1.29 is 27.9 Å². The highest BCUT2D eigenvalue weighted by molar-refractivity contribution is 7.96. The molecule has 0 unspecified atom stereocenters. The molecule has 0 heterocycles. The first-order chi connectivity index (χ1) is 9.03. The third-order valence-electron chi connectivity index (χ3n) is 2.31. The fourth-order valence-electron chi connectivity index (χ4n) is 1.48. The van der Waals surface area contributed by atoms with Crippen LogP contribution in [-0.2, 0) is 9.13 Å². The van der Waals surface area contributed by atoms with E-state index in [9.17, 15) is 13.6 Å². The van der Waals surface area contributed by atoms with Crippen molar-refractivity contribution in [2.24, 2.45) is 0 Å². The van der Waals surface area contributed by atoms with Crippen LogP contribution >= 0.6 is 12.0 Å². The van der Waals surface area contributed by atoms with E-state index in [2.05, 4.69) is 9.07 Å². The molecule has 1 N–H and O–H groups in total. The number of fused-ring (bicyclic) bond motifs is 1. The number of ether oxygens (including phenoxy) is 1. The van der Waals surface area contributed by atoms with Crippen LogP contribution in [0.15, 0.2) is 42.5 Å². The second kappa shape index (κ2) is 5.52. The topological polar surface area (TPSA) is 55.8 Å². The van der Waals surface area contributed by atoms with E-state index in [1.807, 2.05) is 12.1 Å². The van der Waals surface area contributed by atoms with E-state index in [1.54, 1.807) is 18.2 Å². The third-order valence-corrected chi connectivity index (χ3v) is 2.76. The number of benzene rings is 2. The highest BCUT2D eigenvalue weighted by atomic mass is 32.2. The summed E-state index contributed by atoms with van der Waals surface area (Å²) in [5.74, 6) is -1.83. The lowest BCUT2D eigenvalue weighted by molar-refractivity contribution is -0.156. The van der Waals surface area contributed by atoms with Crippen LogP contribution < -0.4 is 4.74 Å². The molecule has 2 aromatic carbocycles. The Morgan fingerprint density at radius 3 is 2.53 bits per heavy atom. The van der Waals surface area contributed by atoms with Gasteiger partial charge in [0.25, 0.3) is 0 Å². The van der Waals surface area contributed by atoms with Crippen molar-refractivity contribution in [1.82, 2.24) is 0 Å². The van der Waals surface area contributed by atoms with Gasteiger partial charge in [0.1, 0.15) is 17.8 Å². The molecule has 0 amide bonds. The van der Waals surface area contributed by atoms with Gasteiger partial charge in [-0.15, -0.1) is 0 Å². The van der Waals surface area contributed by atoms with E-state index in [1.165, 1.54) is 12.1 Å². The van der Waals surface area contributed by atoms with Crippen LogP contribution in [0.4, 0.5) is 8.78 Å². The van der Waals surface area contributed by atoms with Gasteiger partial charge in [-0.2, -0.15) is 13.1 Å². The summed E-state index contributed by atoms with van der Waals surface area (Å²) in [4.78, 5) is 11.2. The molecule has 0 aromatic heterocycles. The van der Waals surface area contributed by atoms with E-state index in [4.69, 9.17) is 5.26 Å². The van der Waals surface area contributed by atoms with Crippen LogP contribution in [0.5, 0.6) is 5.75 Å². The molecular weight excluding hydrogens is 278 g/mol. The van der Waals surface area contributed by atoms with E-state index in [0.717, 1.165) is 10.8 Å². The van der Waals surface area contributed by atoms with Crippen molar-refractivity contribution >= 4 is 28.8 Å². The predicted molar refractivity (Wildman–Crippen MR) is 65.8 cm³/mol. The maximum atomic E-state index is 13.0. The number of hydrogen-bond donors (Lipinski definition) is 1. The van der Waals surface area contributed by atoms with Gasteiger partial charge in [-0.05, 0) is 22.9 Å². The lowest BCUT2D eigenvalue weighted by Gasteiger charge is -2.11. The van der Waals surface area contributed by atoms with Crippen molar-refractivity contribution in [3.8, 4) is 5.75 Å². The van der Waals surface area contributed by atoms with E-state index < -0.39 is 23.3 Å². The van der Waals surface area contributed by atoms with Crippen LogP contribution in [0.3, 0.4) is 0 Å². The summed E-state index contributed by atoms with van der Waals surface area (Å²) >= 11 is -0.688. The van der Waals surface area contributed by atoms with Gasteiger partial charge in [-0.25, -0.2) is 10.1 Å². The molecule has 0 atom stereocenters. The minimum Gasteiger partial charge on any atom is -0.421 e. The molecular formula is C12H8F2O4S. The van der Waals surface area contributed by atoms with Gasteiger partial charge >= 0.3 is 11.2 Å². The van der Waals surface area contributed by atoms with Crippen LogP contribution in [0.25, 0.3) is 10.8 Å². The Labute approximate surface area is 111 Å². The van der Waals surface area contributed by atoms with Crippen molar-refractivity contribution in [1.29, 1.82) is 0 Å². The lowest BCUT2D eigenvalue weighted by Crippen LogP contribution is -2.29. The minimum atomic E-state index is -3.99. The van der Waals surface area contributed by atoms with E-state index in [0.29, 0.717) is 0 Å². The van der Waals surface area contributed by atoms with Crippen molar-refractivity contribution in [2.45, 2.75) is 5.25 Å². The molecule has 0 saturated carbocycles. The van der Waals surface area contributed by atoms with Crippen LogP contribution in [0, 0.1) is 0 Å². The van der Waals surface area contributed by atoms with Crippen LogP contribution in [0.1, 0.15) is 0 Å². The number of carbonyl (C=O) groups excluding carboxylic acids is 1. The van der Waals surface area contributed by atoms with Gasteiger partial charge < -0.3 is 4.74 Å². The summed E-state index contributed by atoms with van der Waals surface area (Å²) in [7, 11) is 0. The largest absolute Gasteiger partial charge is 0.421 e. The van der Waals surface area contributed by atoms with Gasteiger partial charge in [-0.3, -0.25) is 0 Å². The Hall–Kier alpha value is -1.70. The summed E-state index contributed by atoms with van der Waals surface area (Å²) in [6.45, 7) is 0. The molecule has 0 aliphatic carbocycles. The summed E-state index contributed by atoms with van der Waals surface area (Å²) in [5.41, 5.74) is 0. The summed E-state index contributed by atoms with van der Waals surface area (Å²) < 4.78 is 33.8. The van der Waals surface area contributed by atoms with Crippen molar-refractivity contribution in [3.05, 3.63) is 42.5 Å². The Bertz CT molecular complexity index is 603. The fraction of sp³-hybridized carbons (Fsp3) is 0.0833. The number of hydrogen-bond acceptors (Lipinski definition) is 5. The Morgan fingerprint density at radius 2 is 1.84 bits per heavy atom. The standard InChI is InChI=1S/C12H8F2O4S/c13-12(14,19-18-16)11(15)17-10-6-5-8-3-1-2-4-9(8)7-10/h1-7,16H. The lowest BCUT2D eigenvalue weighted by atomic mass is 10.1. The Kier molecular flexibility index (Phi) is 3.98. The zero-order chi connectivity index (χ0) is 13.9. The second-order valence-corrected chi connectivity index (χ2v) is 4.40. The first-order valence-electron chi connectivity index (χ1n) is 5.11. The average molecular weight is 286 g/mol. The number of esters is 1. The molecule has 19 heavy (non-hydrogen) atoms. The predicted octanol–water partition coefficient (Wildman–Crippen LogP) is 3.48. The van der Waals surface area contributed by atoms with Gasteiger partial charge in [0, 0.05) is 0 Å². The first-order valence-corrected chi connectivity index (χ1v) is 5.85. The van der Waals surface area contributed by atoms with Gasteiger partial charge in [0.15, 0.2) is 0 Å². The fourth-order valence-corrected chi connectivity index (χ4v) is 1.68. The number of alkyl halides is 2. The molecule has 0 spiro atoms. The quantitative estimate of drug-likeness (QED) is 0.306. The number of carbonyl (C=O) groups is 1. The van der Waals surface area contributed by atoms with Crippen molar-refractivity contribution in [3.63, 3.8) is 0 Å². The van der Waals surface area contributed by atoms with E-state index >= 15 is 0 Å². The molecule has 2 aromatic rings. The molecule has 0 aliphatic rings. The summed E-state index contributed by atoms with van der Waals surface area (Å²) in [5, 5.41) is 5.59. The highest BCUT2D eigenvalue weighted by Crippen LogP contribution is 2.31. The Morgan fingerprint density at radius 1 is 1.16 bits per heavy atom. The minimum absolute atomic E-state index is 0.0121. The normalized spacial score (nSPS) is 11.5. The maximum Gasteiger partial charge on any atom is 0.416 e. The van der Waals surface area contributed by atoms with E-state index in [-0.39, 0.29) is 5.75 Å². The second-order valence-electron chi connectivity index (χ2n) is 3.57. The molecule has 0 radical (unpaired) electrons. The van der Waals surface area contributed by atoms with Crippen LogP contribution in [0.2, 0.25) is 0 Å². The van der Waals surface area contributed by atoms with Crippen molar-refractivity contribution in [2.75, 3.05) is 0 Å². The molecule has 7 heteroatoms. The summed E-state index contributed by atoms with van der Waals surface area (Å²) in [6.07, 6.45) is 0. The van der Waals surface area contributed by atoms with Gasteiger partial charge in [0.05, 0.1) is 0 Å². The van der Waals surface area contributed by atoms with Crippen LogP contribution in [-0.4, -0.2) is 16.5 Å². The Balaban J connectivity index is 2.19. The monoisotopic (exact) mass is 286 g/mol. The molecule has 4 nitrogen and oxygen atoms in total. The smallest absolute Gasteiger partial charge is 0.416 e. The zero-order valence-electron chi connectivity index (χ0n) is 9.38. The third kappa shape index (κ3) is 3.19. The molecule has 0 aliphatic heterocycles. The molecule has 0 saturated heterocycles.